The maximum absolute atomic E-state index is 11.7. The monoisotopic (exact) mass is 299 g/mol. The molecule has 0 spiro atoms. The van der Waals surface area contributed by atoms with Gasteiger partial charge in [0.2, 0.25) is 5.91 Å². The van der Waals surface area contributed by atoms with Crippen LogP contribution in [0.4, 0.5) is 5.69 Å². The summed E-state index contributed by atoms with van der Waals surface area (Å²) in [6.45, 7) is 4.70. The van der Waals surface area contributed by atoms with Crippen LogP contribution in [-0.2, 0) is 4.79 Å². The van der Waals surface area contributed by atoms with Gasteiger partial charge in [0.15, 0.2) is 0 Å². The highest BCUT2D eigenvalue weighted by Crippen LogP contribution is 2.18. The Kier molecular flexibility index (Phi) is 6.05. The van der Waals surface area contributed by atoms with Crippen molar-refractivity contribution in [2.45, 2.75) is 31.5 Å². The molecule has 1 aromatic rings. The lowest BCUT2D eigenvalue weighted by Crippen LogP contribution is -2.21. The van der Waals surface area contributed by atoms with Crippen molar-refractivity contribution in [3.8, 4) is 5.75 Å². The Balaban J connectivity index is 2.62. The maximum Gasteiger partial charge on any atom is 0.238 e. The number of hydrogen-bond acceptors (Lipinski definition) is 2. The van der Waals surface area contributed by atoms with E-state index < -0.39 is 0 Å². The first-order valence-corrected chi connectivity index (χ1v) is 6.76. The Bertz CT molecular complexity index is 368. The maximum atomic E-state index is 11.7. The molecule has 0 aliphatic heterocycles. The lowest BCUT2D eigenvalue weighted by molar-refractivity contribution is -0.115. The Morgan fingerprint density at radius 2 is 2.24 bits per heavy atom. The smallest absolute Gasteiger partial charge is 0.238 e. The lowest BCUT2D eigenvalue weighted by atomic mass is 10.2. The van der Waals surface area contributed by atoms with Crippen LogP contribution in [0.3, 0.4) is 0 Å². The lowest BCUT2D eigenvalue weighted by Gasteiger charge is -2.10. The largest absolute Gasteiger partial charge is 0.494 e. The van der Waals surface area contributed by atoms with Gasteiger partial charge in [-0.15, -0.1) is 0 Å². The number of benzene rings is 1. The van der Waals surface area contributed by atoms with Crippen LogP contribution in [-0.4, -0.2) is 17.3 Å². The summed E-state index contributed by atoms with van der Waals surface area (Å²) < 4.78 is 5.50. The van der Waals surface area contributed by atoms with Crippen LogP contribution in [0, 0.1) is 0 Å². The molecule has 0 bridgehead atoms. The van der Waals surface area contributed by atoms with Gasteiger partial charge in [-0.2, -0.15) is 0 Å². The average Bonchev–Trinajstić information content (AvgIpc) is 2.35. The molecule has 1 atom stereocenters. The third-order valence-corrected chi connectivity index (χ3v) is 3.28. The molecule has 17 heavy (non-hydrogen) atoms. The summed E-state index contributed by atoms with van der Waals surface area (Å²) >= 11 is 3.32. The van der Waals surface area contributed by atoms with Crippen LogP contribution in [0.2, 0.25) is 0 Å². The molecule has 1 aromatic carbocycles. The zero-order chi connectivity index (χ0) is 12.7. The predicted octanol–water partition coefficient (Wildman–Crippen LogP) is 3.59. The van der Waals surface area contributed by atoms with Gasteiger partial charge in [0.1, 0.15) is 5.75 Å². The number of ether oxygens (including phenoxy) is 1. The molecule has 1 rings (SSSR count). The fourth-order valence-corrected chi connectivity index (χ4v) is 1.40. The zero-order valence-corrected chi connectivity index (χ0v) is 11.8. The summed E-state index contributed by atoms with van der Waals surface area (Å²) in [5.74, 6) is 0.757. The molecule has 0 radical (unpaired) electrons. The third-order valence-electron chi connectivity index (χ3n) is 2.22. The molecule has 0 heterocycles. The molecule has 1 N–H and O–H groups in total. The van der Waals surface area contributed by atoms with E-state index in [1.54, 1.807) is 0 Å². The van der Waals surface area contributed by atoms with Gasteiger partial charge in [0, 0.05) is 11.8 Å². The van der Waals surface area contributed by atoms with Gasteiger partial charge in [0.05, 0.1) is 11.4 Å². The number of hydrogen-bond donors (Lipinski definition) is 1. The summed E-state index contributed by atoms with van der Waals surface area (Å²) in [7, 11) is 0. The second kappa shape index (κ2) is 7.33. The summed E-state index contributed by atoms with van der Waals surface area (Å²) in [4.78, 5) is 11.5. The van der Waals surface area contributed by atoms with Crippen LogP contribution in [0.15, 0.2) is 24.3 Å². The number of alkyl halides is 1. The number of carbonyl (C=O) groups excluding carboxylic acids is 1. The molecule has 3 nitrogen and oxygen atoms in total. The van der Waals surface area contributed by atoms with Crippen LogP contribution in [0.5, 0.6) is 5.75 Å². The molecule has 1 unspecified atom stereocenters. The molecule has 0 aliphatic carbocycles. The second-order valence-corrected chi connectivity index (χ2v) is 4.85. The SMILES string of the molecule is CCCOc1cccc(NC(=O)C(Br)CC)c1. The third kappa shape index (κ3) is 4.77. The minimum atomic E-state index is -0.150. The average molecular weight is 300 g/mol. The fourth-order valence-electron chi connectivity index (χ4n) is 1.29. The van der Waals surface area contributed by atoms with Gasteiger partial charge < -0.3 is 10.1 Å². The Labute approximate surface area is 111 Å². The number of anilines is 1. The van der Waals surface area contributed by atoms with E-state index in [4.69, 9.17) is 4.74 Å². The molecule has 94 valence electrons. The van der Waals surface area contributed by atoms with Crippen LogP contribution < -0.4 is 10.1 Å². The fraction of sp³-hybridized carbons (Fsp3) is 0.462. The molecular weight excluding hydrogens is 282 g/mol. The standard InChI is InChI=1S/C13H18BrNO2/c1-3-8-17-11-7-5-6-10(9-11)15-13(16)12(14)4-2/h5-7,9,12H,3-4,8H2,1-2H3,(H,15,16). The van der Waals surface area contributed by atoms with Gasteiger partial charge in [-0.3, -0.25) is 4.79 Å². The highest BCUT2D eigenvalue weighted by Gasteiger charge is 2.12. The number of halogens is 1. The van der Waals surface area contributed by atoms with Crippen molar-refractivity contribution in [3.05, 3.63) is 24.3 Å². The van der Waals surface area contributed by atoms with E-state index >= 15 is 0 Å². The van der Waals surface area contributed by atoms with E-state index in [0.29, 0.717) is 6.61 Å². The Hall–Kier alpha value is -1.03. The number of carbonyl (C=O) groups is 1. The molecule has 0 aromatic heterocycles. The van der Waals surface area contributed by atoms with Crippen molar-refractivity contribution in [1.29, 1.82) is 0 Å². The topological polar surface area (TPSA) is 38.3 Å². The van der Waals surface area contributed by atoms with Gasteiger partial charge in [-0.05, 0) is 25.0 Å². The van der Waals surface area contributed by atoms with Crippen molar-refractivity contribution in [2.24, 2.45) is 0 Å². The summed E-state index contributed by atoms with van der Waals surface area (Å²) in [5, 5.41) is 2.84. The van der Waals surface area contributed by atoms with Crippen molar-refractivity contribution in [1.82, 2.24) is 0 Å². The number of rotatable bonds is 6. The first kappa shape index (κ1) is 14.0. The van der Waals surface area contributed by atoms with Crippen molar-refractivity contribution in [2.75, 3.05) is 11.9 Å². The summed E-state index contributed by atoms with van der Waals surface area (Å²) in [5.41, 5.74) is 0.765. The van der Waals surface area contributed by atoms with E-state index in [2.05, 4.69) is 28.2 Å². The molecule has 1 amide bonds. The Morgan fingerprint density at radius 1 is 1.47 bits per heavy atom. The first-order valence-electron chi connectivity index (χ1n) is 5.85. The molecule has 0 saturated heterocycles. The Morgan fingerprint density at radius 3 is 2.88 bits per heavy atom. The van der Waals surface area contributed by atoms with Gasteiger partial charge in [-0.1, -0.05) is 35.8 Å². The minimum absolute atomic E-state index is 0.0276. The van der Waals surface area contributed by atoms with E-state index in [0.717, 1.165) is 24.3 Å². The molecule has 4 heteroatoms. The van der Waals surface area contributed by atoms with E-state index in [-0.39, 0.29) is 10.7 Å². The van der Waals surface area contributed by atoms with E-state index in [1.165, 1.54) is 0 Å². The zero-order valence-electron chi connectivity index (χ0n) is 10.2. The van der Waals surface area contributed by atoms with Gasteiger partial charge >= 0.3 is 0 Å². The van der Waals surface area contributed by atoms with Gasteiger partial charge in [-0.25, -0.2) is 0 Å². The van der Waals surface area contributed by atoms with Crippen molar-refractivity contribution in [3.63, 3.8) is 0 Å². The van der Waals surface area contributed by atoms with E-state index in [1.807, 2.05) is 31.2 Å². The van der Waals surface area contributed by atoms with Crippen LogP contribution in [0.1, 0.15) is 26.7 Å². The molecular formula is C13H18BrNO2. The summed E-state index contributed by atoms with van der Waals surface area (Å²) in [6, 6.07) is 7.45. The molecule has 0 aliphatic rings. The summed E-state index contributed by atoms with van der Waals surface area (Å²) in [6.07, 6.45) is 1.73. The number of amides is 1. The van der Waals surface area contributed by atoms with Gasteiger partial charge in [0.25, 0.3) is 0 Å². The van der Waals surface area contributed by atoms with E-state index in [9.17, 15) is 4.79 Å². The first-order chi connectivity index (χ1) is 8.17. The minimum Gasteiger partial charge on any atom is -0.494 e. The van der Waals surface area contributed by atoms with Crippen molar-refractivity contribution >= 4 is 27.5 Å². The molecule has 0 saturated carbocycles. The quantitative estimate of drug-likeness (QED) is 0.815. The van der Waals surface area contributed by atoms with Crippen LogP contribution in [0.25, 0.3) is 0 Å². The molecule has 0 fully saturated rings. The van der Waals surface area contributed by atoms with Crippen LogP contribution >= 0.6 is 15.9 Å². The van der Waals surface area contributed by atoms with Crippen molar-refractivity contribution < 1.29 is 9.53 Å². The normalized spacial score (nSPS) is 11.9. The predicted molar refractivity (Wildman–Crippen MR) is 73.9 cm³/mol. The highest BCUT2D eigenvalue weighted by atomic mass is 79.9. The number of nitrogens with one attached hydrogen (secondary N) is 1. The highest BCUT2D eigenvalue weighted by molar-refractivity contribution is 9.10. The second-order valence-electron chi connectivity index (χ2n) is 3.74.